The Labute approximate surface area is 268 Å². The fourth-order valence-electron chi connectivity index (χ4n) is 5.03. The molecule has 2 amide bonds. The molecule has 0 aliphatic heterocycles. The van der Waals surface area contributed by atoms with Gasteiger partial charge in [-0.2, -0.15) is 0 Å². The number of benzene rings is 4. The second-order valence-electron chi connectivity index (χ2n) is 10.3. The number of amides is 2. The Morgan fingerprint density at radius 2 is 1.20 bits per heavy atom. The molecule has 0 fully saturated rings. The Hall–Kier alpha value is -5.42. The summed E-state index contributed by atoms with van der Waals surface area (Å²) >= 11 is 0. The zero-order chi connectivity index (χ0) is 32.8. The van der Waals surface area contributed by atoms with Gasteiger partial charge < -0.3 is 20.1 Å². The summed E-state index contributed by atoms with van der Waals surface area (Å²) < 4.78 is 41.8. The zero-order valence-corrected chi connectivity index (χ0v) is 26.7. The van der Waals surface area contributed by atoms with Gasteiger partial charge in [0.25, 0.3) is 10.0 Å². The Bertz CT molecular complexity index is 1940. The topological polar surface area (TPSA) is 129 Å². The maximum absolute atomic E-state index is 14.6. The van der Waals surface area contributed by atoms with Gasteiger partial charge in [-0.1, -0.05) is 18.2 Å². The first-order valence-corrected chi connectivity index (χ1v) is 16.1. The minimum absolute atomic E-state index is 0.0548. The van der Waals surface area contributed by atoms with Crippen molar-refractivity contribution < 1.29 is 27.5 Å². The van der Waals surface area contributed by atoms with E-state index < -0.39 is 10.0 Å². The molecular formula is C35H34N4O6S. The van der Waals surface area contributed by atoms with E-state index >= 15 is 0 Å². The first kappa shape index (κ1) is 32.0. The highest BCUT2D eigenvalue weighted by Crippen LogP contribution is 2.41. The average Bonchev–Trinajstić information content (AvgIpc) is 3.44. The number of aromatic nitrogens is 2. The van der Waals surface area contributed by atoms with Crippen LogP contribution in [0, 0.1) is 0 Å². The third-order valence-electron chi connectivity index (χ3n) is 6.83. The number of anilines is 2. The lowest BCUT2D eigenvalue weighted by Crippen LogP contribution is -2.16. The SMILES string of the molecule is CCOc1ccc(-c2nc(-c3cc(NC(C)=O)cc(NC(C)=O)c3)n(S(=O)(=O)c3ccccc3)c2-c2ccc(OCC)cc2)cc1. The lowest BCUT2D eigenvalue weighted by atomic mass is 10.0. The predicted molar refractivity (Wildman–Crippen MR) is 179 cm³/mol. The Morgan fingerprint density at radius 1 is 0.696 bits per heavy atom. The molecule has 0 saturated carbocycles. The summed E-state index contributed by atoms with van der Waals surface area (Å²) in [6.45, 7) is 7.47. The van der Waals surface area contributed by atoms with Gasteiger partial charge in [0.15, 0.2) is 5.82 Å². The van der Waals surface area contributed by atoms with Crippen LogP contribution in [0.3, 0.4) is 0 Å². The van der Waals surface area contributed by atoms with Crippen LogP contribution >= 0.6 is 0 Å². The van der Waals surface area contributed by atoms with Crippen molar-refractivity contribution in [2.75, 3.05) is 23.8 Å². The number of hydrogen-bond donors (Lipinski definition) is 2. The molecule has 1 aromatic heterocycles. The summed E-state index contributed by atoms with van der Waals surface area (Å²) in [4.78, 5) is 29.1. The molecule has 0 unspecified atom stereocenters. The molecule has 2 N–H and O–H groups in total. The number of nitrogens with one attached hydrogen (secondary N) is 2. The molecule has 11 heteroatoms. The maximum atomic E-state index is 14.6. The van der Waals surface area contributed by atoms with Gasteiger partial charge in [0.05, 0.1) is 29.5 Å². The first-order valence-electron chi connectivity index (χ1n) is 14.7. The molecule has 10 nitrogen and oxygen atoms in total. The Morgan fingerprint density at radius 3 is 1.67 bits per heavy atom. The average molecular weight is 639 g/mol. The van der Waals surface area contributed by atoms with E-state index in [1.165, 1.54) is 30.0 Å². The summed E-state index contributed by atoms with van der Waals surface area (Å²) in [5.41, 5.74) is 2.99. The van der Waals surface area contributed by atoms with Gasteiger partial charge in [-0.25, -0.2) is 17.4 Å². The lowest BCUT2D eigenvalue weighted by Gasteiger charge is -2.16. The highest BCUT2D eigenvalue weighted by Gasteiger charge is 2.30. The highest BCUT2D eigenvalue weighted by molar-refractivity contribution is 7.90. The van der Waals surface area contributed by atoms with Crippen molar-refractivity contribution in [1.82, 2.24) is 8.96 Å². The molecule has 0 spiro atoms. The zero-order valence-electron chi connectivity index (χ0n) is 25.9. The van der Waals surface area contributed by atoms with Crippen LogP contribution in [-0.4, -0.2) is 42.4 Å². The lowest BCUT2D eigenvalue weighted by molar-refractivity contribution is -0.115. The summed E-state index contributed by atoms with van der Waals surface area (Å²) in [5, 5.41) is 5.47. The number of nitrogens with zero attached hydrogens (tertiary/aromatic N) is 2. The van der Waals surface area contributed by atoms with E-state index in [9.17, 15) is 18.0 Å². The van der Waals surface area contributed by atoms with Crippen LogP contribution in [0.15, 0.2) is 102 Å². The van der Waals surface area contributed by atoms with Gasteiger partial charge in [0.2, 0.25) is 11.8 Å². The number of carbonyl (C=O) groups excluding carboxylic acids is 2. The second-order valence-corrected chi connectivity index (χ2v) is 12.1. The van der Waals surface area contributed by atoms with E-state index in [1.54, 1.807) is 72.8 Å². The van der Waals surface area contributed by atoms with Crippen molar-refractivity contribution >= 4 is 33.2 Å². The summed E-state index contributed by atoms with van der Waals surface area (Å²) in [5.74, 6) is 0.700. The monoisotopic (exact) mass is 638 g/mol. The van der Waals surface area contributed by atoms with E-state index in [4.69, 9.17) is 14.5 Å². The summed E-state index contributed by atoms with van der Waals surface area (Å²) in [6.07, 6.45) is 0. The standard InChI is InChI=1S/C35H34N4O6S/c1-5-44-30-16-12-25(13-17-30)33-34(26-14-18-31(19-15-26)45-6-2)39(46(42,43)32-10-8-7-9-11-32)35(38-33)27-20-28(36-23(3)40)22-29(21-27)37-24(4)41/h7-22H,5-6H2,1-4H3,(H,36,40)(H,37,41). The molecule has 0 atom stereocenters. The largest absolute Gasteiger partial charge is 0.494 e. The van der Waals surface area contributed by atoms with Crippen LogP contribution in [-0.2, 0) is 19.6 Å². The molecule has 0 saturated heterocycles. The first-order chi connectivity index (χ1) is 22.1. The third kappa shape index (κ3) is 6.94. The molecule has 0 aliphatic carbocycles. The van der Waals surface area contributed by atoms with Gasteiger partial charge in [0.1, 0.15) is 11.5 Å². The molecule has 0 aliphatic rings. The molecular weight excluding hydrogens is 604 g/mol. The van der Waals surface area contributed by atoms with Crippen molar-refractivity contribution in [3.05, 3.63) is 97.1 Å². The van der Waals surface area contributed by atoms with Crippen LogP contribution in [0.1, 0.15) is 27.7 Å². The van der Waals surface area contributed by atoms with Crippen molar-refractivity contribution in [2.24, 2.45) is 0 Å². The number of imidazole rings is 1. The van der Waals surface area contributed by atoms with Crippen LogP contribution < -0.4 is 20.1 Å². The van der Waals surface area contributed by atoms with Crippen molar-refractivity contribution in [3.8, 4) is 45.4 Å². The van der Waals surface area contributed by atoms with Gasteiger partial charge in [-0.3, -0.25) is 9.59 Å². The Balaban J connectivity index is 1.88. The van der Waals surface area contributed by atoms with E-state index in [-0.39, 0.29) is 22.5 Å². The van der Waals surface area contributed by atoms with Gasteiger partial charge >= 0.3 is 0 Å². The van der Waals surface area contributed by atoms with E-state index in [0.717, 1.165) is 0 Å². The normalized spacial score (nSPS) is 11.1. The van der Waals surface area contributed by atoms with E-state index in [1.807, 2.05) is 26.0 Å². The smallest absolute Gasteiger partial charge is 0.270 e. The maximum Gasteiger partial charge on any atom is 0.270 e. The Kier molecular flexibility index (Phi) is 9.53. The number of rotatable bonds is 11. The fraction of sp³-hybridized carbons (Fsp3) is 0.171. The summed E-state index contributed by atoms with van der Waals surface area (Å²) in [6, 6.07) is 27.3. The van der Waals surface area contributed by atoms with Crippen LogP contribution in [0.25, 0.3) is 33.9 Å². The number of ether oxygens (including phenoxy) is 2. The van der Waals surface area contributed by atoms with Crippen LogP contribution in [0.2, 0.25) is 0 Å². The van der Waals surface area contributed by atoms with Gasteiger partial charge in [0, 0.05) is 41.9 Å². The van der Waals surface area contributed by atoms with Gasteiger partial charge in [-0.15, -0.1) is 0 Å². The summed E-state index contributed by atoms with van der Waals surface area (Å²) in [7, 11) is -4.27. The quantitative estimate of drug-likeness (QED) is 0.162. The molecule has 5 aromatic rings. The van der Waals surface area contributed by atoms with Crippen molar-refractivity contribution in [2.45, 2.75) is 32.6 Å². The highest BCUT2D eigenvalue weighted by atomic mass is 32.2. The molecule has 1 heterocycles. The van der Waals surface area contributed by atoms with Gasteiger partial charge in [-0.05, 0) is 92.7 Å². The number of hydrogen-bond acceptors (Lipinski definition) is 7. The van der Waals surface area contributed by atoms with Crippen LogP contribution in [0.4, 0.5) is 11.4 Å². The van der Waals surface area contributed by atoms with E-state index in [2.05, 4.69) is 10.6 Å². The van der Waals surface area contributed by atoms with Crippen molar-refractivity contribution in [3.63, 3.8) is 0 Å². The molecule has 0 radical (unpaired) electrons. The second kappa shape index (κ2) is 13.7. The van der Waals surface area contributed by atoms with E-state index in [0.29, 0.717) is 64.2 Å². The minimum atomic E-state index is -4.27. The molecule has 0 bridgehead atoms. The number of carbonyl (C=O) groups is 2. The molecule has 5 rings (SSSR count). The van der Waals surface area contributed by atoms with Crippen LogP contribution in [0.5, 0.6) is 11.5 Å². The van der Waals surface area contributed by atoms with Crippen molar-refractivity contribution in [1.29, 1.82) is 0 Å². The fourth-order valence-corrected chi connectivity index (χ4v) is 6.55. The minimum Gasteiger partial charge on any atom is -0.494 e. The molecule has 236 valence electrons. The third-order valence-corrected chi connectivity index (χ3v) is 8.53. The predicted octanol–water partition coefficient (Wildman–Crippen LogP) is 6.84. The molecule has 4 aromatic carbocycles. The molecule has 46 heavy (non-hydrogen) atoms.